The smallest absolute Gasteiger partial charge is 0.0337 e. The van der Waals surface area contributed by atoms with Gasteiger partial charge in [-0.05, 0) is 51.0 Å². The fraction of sp³-hybridized carbons (Fsp3) is 1.00. The van der Waals surface area contributed by atoms with Crippen LogP contribution < -0.4 is 5.73 Å². The number of rotatable bonds is 8. The molecule has 0 saturated heterocycles. The van der Waals surface area contributed by atoms with Gasteiger partial charge in [-0.1, -0.05) is 47.0 Å². The van der Waals surface area contributed by atoms with E-state index in [9.17, 15) is 0 Å². The van der Waals surface area contributed by atoms with E-state index in [1.54, 1.807) is 0 Å². The fourth-order valence-electron chi connectivity index (χ4n) is 3.99. The van der Waals surface area contributed by atoms with Crippen molar-refractivity contribution in [2.45, 2.75) is 91.1 Å². The van der Waals surface area contributed by atoms with E-state index in [2.05, 4.69) is 39.5 Å². The van der Waals surface area contributed by atoms with Crippen molar-refractivity contribution in [3.63, 3.8) is 0 Å². The van der Waals surface area contributed by atoms with Crippen LogP contribution >= 0.6 is 0 Å². The highest BCUT2D eigenvalue weighted by Crippen LogP contribution is 2.40. The molecular weight excluding hydrogens is 244 g/mol. The summed E-state index contributed by atoms with van der Waals surface area (Å²) in [5.41, 5.74) is 6.60. The van der Waals surface area contributed by atoms with Gasteiger partial charge in [-0.25, -0.2) is 0 Å². The molecule has 0 aliphatic heterocycles. The Labute approximate surface area is 127 Å². The van der Waals surface area contributed by atoms with E-state index < -0.39 is 0 Å². The number of hydrogen-bond acceptors (Lipinski definition) is 2. The largest absolute Gasteiger partial charge is 0.329 e. The van der Waals surface area contributed by atoms with Crippen LogP contribution in [0.3, 0.4) is 0 Å². The van der Waals surface area contributed by atoms with Crippen LogP contribution in [0.15, 0.2) is 0 Å². The van der Waals surface area contributed by atoms with Gasteiger partial charge in [0.2, 0.25) is 0 Å². The van der Waals surface area contributed by atoms with Crippen LogP contribution in [-0.2, 0) is 0 Å². The van der Waals surface area contributed by atoms with E-state index in [1.807, 2.05) is 0 Å². The molecule has 1 fully saturated rings. The molecule has 1 saturated carbocycles. The summed E-state index contributed by atoms with van der Waals surface area (Å²) < 4.78 is 0. The summed E-state index contributed by atoms with van der Waals surface area (Å²) in [6, 6.07) is 0.663. The first-order valence-electron chi connectivity index (χ1n) is 8.97. The minimum atomic E-state index is 0.276. The Morgan fingerprint density at radius 3 is 2.45 bits per heavy atom. The third-order valence-corrected chi connectivity index (χ3v) is 5.67. The van der Waals surface area contributed by atoms with E-state index in [1.165, 1.54) is 51.5 Å². The Balaban J connectivity index is 2.90. The van der Waals surface area contributed by atoms with Gasteiger partial charge in [0.15, 0.2) is 0 Å². The average Bonchev–Trinajstić information content (AvgIpc) is 2.47. The van der Waals surface area contributed by atoms with E-state index >= 15 is 0 Å². The van der Waals surface area contributed by atoms with Crippen LogP contribution in [0, 0.1) is 11.8 Å². The van der Waals surface area contributed by atoms with Crippen LogP contribution in [-0.4, -0.2) is 29.6 Å². The van der Waals surface area contributed by atoms with Crippen molar-refractivity contribution in [2.24, 2.45) is 17.6 Å². The van der Waals surface area contributed by atoms with Gasteiger partial charge in [0.25, 0.3) is 0 Å². The summed E-state index contributed by atoms with van der Waals surface area (Å²) in [6.45, 7) is 13.8. The molecule has 2 N–H and O–H groups in total. The molecule has 0 aromatic heterocycles. The van der Waals surface area contributed by atoms with Crippen LogP contribution in [0.2, 0.25) is 0 Å². The lowest BCUT2D eigenvalue weighted by Crippen LogP contribution is -2.59. The maximum Gasteiger partial charge on any atom is 0.0337 e. The lowest BCUT2D eigenvalue weighted by atomic mass is 9.70. The zero-order valence-electron chi connectivity index (χ0n) is 14.6. The predicted octanol–water partition coefficient (Wildman–Crippen LogP) is 4.43. The number of nitrogens with zero attached hydrogens (tertiary/aromatic N) is 1. The van der Waals surface area contributed by atoms with E-state index in [4.69, 9.17) is 5.73 Å². The average molecular weight is 283 g/mol. The molecule has 0 heterocycles. The minimum Gasteiger partial charge on any atom is -0.329 e. The molecular formula is C18H38N2. The molecule has 120 valence electrons. The van der Waals surface area contributed by atoms with Crippen LogP contribution in [0.4, 0.5) is 0 Å². The lowest BCUT2D eigenvalue weighted by molar-refractivity contribution is -0.00319. The number of hydrogen-bond donors (Lipinski definition) is 1. The molecule has 0 amide bonds. The molecule has 2 heteroatoms. The second kappa shape index (κ2) is 8.38. The van der Waals surface area contributed by atoms with Gasteiger partial charge >= 0.3 is 0 Å². The van der Waals surface area contributed by atoms with Gasteiger partial charge in [0.05, 0.1) is 0 Å². The molecule has 2 nitrogen and oxygen atoms in total. The molecule has 3 atom stereocenters. The molecule has 0 spiro atoms. The Morgan fingerprint density at radius 2 is 1.95 bits per heavy atom. The molecule has 0 aromatic carbocycles. The standard InChI is InChI=1S/C18H38N2/c1-6-8-12-20(16(5)7-2)18(14-19)11-9-10-17(13-18)15(3)4/h15-17H,6-14,19H2,1-5H3. The van der Waals surface area contributed by atoms with E-state index in [-0.39, 0.29) is 5.54 Å². The van der Waals surface area contributed by atoms with Crippen LogP contribution in [0.5, 0.6) is 0 Å². The zero-order valence-corrected chi connectivity index (χ0v) is 14.6. The molecule has 0 radical (unpaired) electrons. The summed E-state index contributed by atoms with van der Waals surface area (Å²) in [7, 11) is 0. The summed E-state index contributed by atoms with van der Waals surface area (Å²) in [5, 5.41) is 0. The maximum atomic E-state index is 6.32. The summed E-state index contributed by atoms with van der Waals surface area (Å²) in [6.07, 6.45) is 9.20. The van der Waals surface area contributed by atoms with Crippen molar-refractivity contribution in [1.82, 2.24) is 4.90 Å². The summed E-state index contributed by atoms with van der Waals surface area (Å²) >= 11 is 0. The third kappa shape index (κ3) is 4.21. The topological polar surface area (TPSA) is 29.3 Å². The molecule has 20 heavy (non-hydrogen) atoms. The van der Waals surface area contributed by atoms with Crippen molar-refractivity contribution in [3.8, 4) is 0 Å². The number of unbranched alkanes of at least 4 members (excludes halogenated alkanes) is 1. The van der Waals surface area contributed by atoms with Crippen molar-refractivity contribution >= 4 is 0 Å². The molecule has 1 aliphatic carbocycles. The molecule has 1 aliphatic rings. The Bertz CT molecular complexity index is 264. The summed E-state index contributed by atoms with van der Waals surface area (Å²) in [4.78, 5) is 2.78. The Morgan fingerprint density at radius 1 is 1.25 bits per heavy atom. The molecule has 0 bridgehead atoms. The van der Waals surface area contributed by atoms with Gasteiger partial charge < -0.3 is 5.73 Å². The quantitative estimate of drug-likeness (QED) is 0.713. The maximum absolute atomic E-state index is 6.32. The second-order valence-corrected chi connectivity index (χ2v) is 7.33. The third-order valence-electron chi connectivity index (χ3n) is 5.67. The first kappa shape index (κ1) is 18.0. The van der Waals surface area contributed by atoms with Gasteiger partial charge in [-0.2, -0.15) is 0 Å². The molecule has 0 aromatic rings. The van der Waals surface area contributed by atoms with Crippen molar-refractivity contribution in [1.29, 1.82) is 0 Å². The molecule has 3 unspecified atom stereocenters. The van der Waals surface area contributed by atoms with Gasteiger partial charge in [0, 0.05) is 18.1 Å². The van der Waals surface area contributed by atoms with E-state index in [0.717, 1.165) is 18.4 Å². The minimum absolute atomic E-state index is 0.276. The SMILES string of the molecule is CCCCN(C(C)CC)C1(CN)CCCC(C(C)C)C1. The highest BCUT2D eigenvalue weighted by atomic mass is 15.2. The first-order valence-corrected chi connectivity index (χ1v) is 8.97. The zero-order chi connectivity index (χ0) is 15.2. The van der Waals surface area contributed by atoms with Crippen LogP contribution in [0.1, 0.15) is 79.6 Å². The van der Waals surface area contributed by atoms with Crippen molar-refractivity contribution < 1.29 is 0 Å². The highest BCUT2D eigenvalue weighted by molar-refractivity contribution is 4.98. The second-order valence-electron chi connectivity index (χ2n) is 7.33. The van der Waals surface area contributed by atoms with Crippen LogP contribution in [0.25, 0.3) is 0 Å². The number of nitrogens with two attached hydrogens (primary N) is 1. The van der Waals surface area contributed by atoms with Crippen molar-refractivity contribution in [3.05, 3.63) is 0 Å². The van der Waals surface area contributed by atoms with Gasteiger partial charge in [0.1, 0.15) is 0 Å². The monoisotopic (exact) mass is 282 g/mol. The highest BCUT2D eigenvalue weighted by Gasteiger charge is 2.41. The van der Waals surface area contributed by atoms with Crippen molar-refractivity contribution in [2.75, 3.05) is 13.1 Å². The Kier molecular flexibility index (Phi) is 7.53. The predicted molar refractivity (Wildman–Crippen MR) is 89.9 cm³/mol. The normalized spacial score (nSPS) is 29.1. The van der Waals surface area contributed by atoms with Gasteiger partial charge in [-0.3, -0.25) is 4.90 Å². The van der Waals surface area contributed by atoms with E-state index in [0.29, 0.717) is 6.04 Å². The fourth-order valence-corrected chi connectivity index (χ4v) is 3.99. The van der Waals surface area contributed by atoms with Gasteiger partial charge in [-0.15, -0.1) is 0 Å². The lowest BCUT2D eigenvalue weighted by Gasteiger charge is -2.51. The molecule has 1 rings (SSSR count). The summed E-state index contributed by atoms with van der Waals surface area (Å²) in [5.74, 6) is 1.66. The first-order chi connectivity index (χ1) is 9.50. The Hall–Kier alpha value is -0.0800.